The molecule has 0 saturated carbocycles. The van der Waals surface area contributed by atoms with Gasteiger partial charge in [-0.15, -0.1) is 68.9 Å². The van der Waals surface area contributed by atoms with Crippen LogP contribution in [0.25, 0.3) is 95.3 Å². The normalized spacial score (nSPS) is 19.1. The molecule has 6 aliphatic rings. The van der Waals surface area contributed by atoms with Gasteiger partial charge in [0.2, 0.25) is 0 Å². The first-order valence-corrected chi connectivity index (χ1v) is 36.7. The molecule has 10 heterocycles. The minimum Gasteiger partial charge on any atom is -0.485 e. The van der Waals surface area contributed by atoms with Gasteiger partial charge in [0.25, 0.3) is 11.8 Å². The molecule has 0 aliphatic carbocycles. The largest absolute Gasteiger partial charge is 0.485 e. The molecule has 2 unspecified atom stereocenters. The first-order valence-electron chi connectivity index (χ1n) is 29.2. The number of benzene rings is 6. The zero-order valence-electron chi connectivity index (χ0n) is 47.7. The molecule has 0 spiro atoms. The van der Waals surface area contributed by atoms with E-state index in [2.05, 4.69) is 158 Å². The number of thiocarbonyl (C=S) groups is 2. The fraction of sp³-hybridized carbons (Fsp3) is 0.155. The quantitative estimate of drug-likeness (QED) is 0.0477. The van der Waals surface area contributed by atoms with Crippen LogP contribution in [0.3, 0.4) is 0 Å². The molecular formula is C71H50N2O6S10. The number of rotatable bonds is 13. The zero-order chi connectivity index (χ0) is 60.0. The molecule has 89 heavy (non-hydrogen) atoms. The lowest BCUT2D eigenvalue weighted by Gasteiger charge is -2.20. The summed E-state index contributed by atoms with van der Waals surface area (Å²) in [4.78, 5) is 39.5. The van der Waals surface area contributed by atoms with Gasteiger partial charge in [-0.25, -0.2) is 0 Å². The van der Waals surface area contributed by atoms with Gasteiger partial charge in [0.1, 0.15) is 35.1 Å². The van der Waals surface area contributed by atoms with Crippen LogP contribution in [0.2, 0.25) is 0 Å². The summed E-state index contributed by atoms with van der Waals surface area (Å²) in [6.45, 7) is 6.87. The molecule has 2 atom stereocenters. The van der Waals surface area contributed by atoms with Crippen molar-refractivity contribution in [1.29, 1.82) is 0 Å². The first kappa shape index (κ1) is 57.5. The molecule has 2 amide bonds. The van der Waals surface area contributed by atoms with E-state index in [4.69, 9.17) is 43.4 Å². The SMILES string of the molecule is CCN1C(=O)/C(=C\C2=CC3SC(c4sc(-c5ccc6c(/C=C(\Cc7ccccc7)c7ccccc7)c7ccc(-c8sc(-c9cc%10sc(/C=C%11/SC(=S)N(CC)C%11=O)cc%10s9)c9c8OCCO9)cc7c(-c7ccccc7)c6c5)c5c4OCCO5)=CC3S2)SC1=S. The minimum absolute atomic E-state index is 0.0127. The van der Waals surface area contributed by atoms with E-state index in [-0.39, 0.29) is 22.3 Å². The third-order valence-corrected chi connectivity index (χ3v) is 26.8. The Hall–Kier alpha value is -6.68. The van der Waals surface area contributed by atoms with Gasteiger partial charge < -0.3 is 18.9 Å². The summed E-state index contributed by atoms with van der Waals surface area (Å²) in [7, 11) is 0. The number of hydrogen-bond acceptors (Lipinski definition) is 16. The van der Waals surface area contributed by atoms with Crippen LogP contribution in [0.15, 0.2) is 172 Å². The van der Waals surface area contributed by atoms with Crippen molar-refractivity contribution in [2.45, 2.75) is 30.8 Å². The van der Waals surface area contributed by atoms with Gasteiger partial charge >= 0.3 is 0 Å². The minimum atomic E-state index is -0.0301. The molecule has 2 saturated heterocycles. The first-order chi connectivity index (χ1) is 43.6. The monoisotopic (exact) mass is 1350 g/mol. The number of nitrogens with zero attached hydrogens (tertiary/aromatic N) is 2. The molecule has 0 N–H and O–H groups in total. The van der Waals surface area contributed by atoms with Crippen LogP contribution in [0, 0.1) is 0 Å². The van der Waals surface area contributed by atoms with Crippen molar-refractivity contribution in [2.75, 3.05) is 39.5 Å². The van der Waals surface area contributed by atoms with E-state index >= 15 is 0 Å². The number of ether oxygens (including phenoxy) is 4. The summed E-state index contributed by atoms with van der Waals surface area (Å²) < 4.78 is 30.1. The fourth-order valence-electron chi connectivity index (χ4n) is 12.2. The molecule has 16 rings (SSSR count). The molecule has 0 radical (unpaired) electrons. The molecule has 10 aromatic rings. The molecule has 2 fully saturated rings. The Morgan fingerprint density at radius 3 is 1.66 bits per heavy atom. The molecule has 18 heteroatoms. The maximum atomic E-state index is 13.1. The van der Waals surface area contributed by atoms with Crippen molar-refractivity contribution in [1.82, 2.24) is 9.80 Å². The van der Waals surface area contributed by atoms with Crippen LogP contribution in [-0.4, -0.2) is 80.3 Å². The van der Waals surface area contributed by atoms with E-state index < -0.39 is 0 Å². The van der Waals surface area contributed by atoms with E-state index in [0.717, 1.165) is 122 Å². The van der Waals surface area contributed by atoms with Crippen molar-refractivity contribution in [3.63, 3.8) is 0 Å². The van der Waals surface area contributed by atoms with Crippen LogP contribution in [0.5, 0.6) is 23.0 Å². The van der Waals surface area contributed by atoms with E-state index in [1.807, 2.05) is 37.8 Å². The second-order valence-electron chi connectivity index (χ2n) is 21.7. The highest BCUT2D eigenvalue weighted by molar-refractivity contribution is 8.27. The maximum absolute atomic E-state index is 13.1. The highest BCUT2D eigenvalue weighted by Crippen LogP contribution is 2.61. The van der Waals surface area contributed by atoms with Crippen molar-refractivity contribution < 1.29 is 28.5 Å². The Balaban J connectivity index is 0.842. The number of fused-ring (bicyclic) bond motifs is 6. The number of allylic oxidation sites excluding steroid dienone is 2. The number of carbonyl (C=O) groups excluding carboxylic acids is 2. The number of thiophene rings is 4. The Bertz CT molecular complexity index is 4770. The smallest absolute Gasteiger partial charge is 0.266 e. The number of likely N-dealkylation sites (N-methyl/N-ethyl adjacent to an activating group) is 2. The molecule has 0 bridgehead atoms. The van der Waals surface area contributed by atoms with Crippen LogP contribution in [-0.2, 0) is 16.0 Å². The van der Waals surface area contributed by atoms with E-state index in [9.17, 15) is 9.59 Å². The lowest BCUT2D eigenvalue weighted by atomic mass is 9.85. The average Bonchev–Trinajstić information content (AvgIpc) is 1.49. The maximum Gasteiger partial charge on any atom is 0.266 e. The Morgan fingerprint density at radius 2 is 1.08 bits per heavy atom. The molecule has 4 aromatic heterocycles. The van der Waals surface area contributed by atoms with E-state index in [1.54, 1.807) is 66.9 Å². The van der Waals surface area contributed by atoms with Crippen LogP contribution >= 0.6 is 117 Å². The molecule has 6 aliphatic heterocycles. The summed E-state index contributed by atoms with van der Waals surface area (Å²) in [5.41, 5.74) is 9.09. The lowest BCUT2D eigenvalue weighted by molar-refractivity contribution is -0.122. The van der Waals surface area contributed by atoms with Gasteiger partial charge in [0.05, 0.1) is 34.2 Å². The van der Waals surface area contributed by atoms with Gasteiger partial charge in [0, 0.05) is 47.7 Å². The average molecular weight is 1350 g/mol. The lowest BCUT2D eigenvalue weighted by Crippen LogP contribution is -2.27. The second-order valence-corrected chi connectivity index (χ2v) is 31.8. The van der Waals surface area contributed by atoms with Crippen LogP contribution < -0.4 is 18.9 Å². The molecular weight excluding hydrogens is 1300 g/mol. The van der Waals surface area contributed by atoms with Crippen molar-refractivity contribution in [3.8, 4) is 64.8 Å². The molecule has 440 valence electrons. The summed E-state index contributed by atoms with van der Waals surface area (Å²) >= 11 is 24.3. The van der Waals surface area contributed by atoms with Crippen molar-refractivity contribution in [2.24, 2.45) is 0 Å². The van der Waals surface area contributed by atoms with Crippen LogP contribution in [0.1, 0.15) is 40.3 Å². The zero-order valence-corrected chi connectivity index (χ0v) is 55.9. The standard InChI is InChI=1S/C71H50N2O6S10/c1-3-72-68(74)57(86-70(72)80)34-44-32-51-53(82-44)36-55(84-51)66-62-60(76-24-26-78-62)64(88-66)41-20-22-46-48(31-43(39-16-10-6-11-17-39)28-38-14-8-5-9-15-38)47-23-21-42(30-50(47)59(49(46)29-41)40-18-12-7-13-19-40)65-61-63(79-27-25-77-61)67(89-65)56-37-54-52(85-56)33-45(83-54)35-58-69(75)73(4-2)71(81)87-58/h5-23,29-37,51,53H,3-4,24-28H2,1-2H3/b43-31+,57-34+,58-35+. The summed E-state index contributed by atoms with van der Waals surface area (Å²) in [6, 6.07) is 50.7. The Morgan fingerprint density at radius 1 is 0.539 bits per heavy atom. The van der Waals surface area contributed by atoms with Gasteiger partial charge in [-0.3, -0.25) is 19.4 Å². The predicted molar refractivity (Wildman–Crippen MR) is 389 cm³/mol. The van der Waals surface area contributed by atoms with Gasteiger partial charge in [-0.05, 0) is 129 Å². The summed E-state index contributed by atoms with van der Waals surface area (Å²) in [5, 5.41) is 4.94. The van der Waals surface area contributed by atoms with Crippen molar-refractivity contribution in [3.05, 3.63) is 199 Å². The number of carbonyl (C=O) groups is 2. The summed E-state index contributed by atoms with van der Waals surface area (Å²) in [6.07, 6.45) is 11.8. The summed E-state index contributed by atoms with van der Waals surface area (Å²) in [5.74, 6) is 3.09. The van der Waals surface area contributed by atoms with Gasteiger partial charge in [-0.2, -0.15) is 0 Å². The van der Waals surface area contributed by atoms with Crippen LogP contribution in [0.4, 0.5) is 0 Å². The van der Waals surface area contributed by atoms with E-state index in [1.165, 1.54) is 45.1 Å². The highest BCUT2D eigenvalue weighted by Gasteiger charge is 2.39. The topological polar surface area (TPSA) is 77.5 Å². The van der Waals surface area contributed by atoms with E-state index in [0.29, 0.717) is 58.0 Å². The molecule has 6 aromatic carbocycles. The fourth-order valence-corrected chi connectivity index (χ4v) is 22.9. The predicted octanol–water partition coefficient (Wildman–Crippen LogP) is 19.8. The molecule has 8 nitrogen and oxygen atoms in total. The Kier molecular flexibility index (Phi) is 15.4. The van der Waals surface area contributed by atoms with Gasteiger partial charge in [-0.1, -0.05) is 175 Å². The number of hydrogen-bond donors (Lipinski definition) is 0. The Labute approximate surface area is 558 Å². The number of thioether (sulfide) groups is 4. The number of amides is 2. The highest BCUT2D eigenvalue weighted by atomic mass is 32.2. The second kappa shape index (κ2) is 23.8. The van der Waals surface area contributed by atoms with Crippen molar-refractivity contribution >= 4 is 191 Å². The third kappa shape index (κ3) is 10.4. The third-order valence-electron chi connectivity index (χ3n) is 16.3. The van der Waals surface area contributed by atoms with Gasteiger partial charge in [0.15, 0.2) is 23.0 Å².